The summed E-state index contributed by atoms with van der Waals surface area (Å²) >= 11 is 0. The van der Waals surface area contributed by atoms with E-state index < -0.39 is 9.84 Å². The Kier molecular flexibility index (Phi) is 3.92. The van der Waals surface area contributed by atoms with Gasteiger partial charge in [-0.1, -0.05) is 19.1 Å². The molecule has 0 unspecified atom stereocenters. The van der Waals surface area contributed by atoms with Crippen LogP contribution in [0, 0.1) is 0 Å². The fourth-order valence-corrected chi connectivity index (χ4v) is 3.72. The molecule has 0 bridgehead atoms. The monoisotopic (exact) mass is 268 g/mol. The normalized spacial score (nSPS) is 15.8. The quantitative estimate of drug-likeness (QED) is 0.820. The van der Waals surface area contributed by atoms with E-state index in [9.17, 15) is 8.42 Å². The molecule has 0 aromatic heterocycles. The second-order valence-corrected chi connectivity index (χ2v) is 7.15. The van der Waals surface area contributed by atoms with Crippen molar-refractivity contribution in [3.05, 3.63) is 29.3 Å². The van der Waals surface area contributed by atoms with Crippen molar-refractivity contribution >= 4 is 15.5 Å². The summed E-state index contributed by atoms with van der Waals surface area (Å²) < 4.78 is 23.4. The molecule has 4 nitrogen and oxygen atoms in total. The van der Waals surface area contributed by atoms with E-state index >= 15 is 0 Å². The number of hydrogen-bond acceptors (Lipinski definition) is 4. The zero-order chi connectivity index (χ0) is 13.2. The maximum Gasteiger partial charge on any atom is 0.151 e. The van der Waals surface area contributed by atoms with Gasteiger partial charge in [0.2, 0.25) is 0 Å². The molecule has 1 aromatic carbocycles. The Balaban J connectivity index is 1.95. The predicted octanol–water partition coefficient (Wildman–Crippen LogP) is 1.41. The van der Waals surface area contributed by atoms with E-state index in [0.29, 0.717) is 13.0 Å². The van der Waals surface area contributed by atoms with Crippen LogP contribution in [-0.2, 0) is 22.9 Å². The molecule has 0 saturated carbocycles. The van der Waals surface area contributed by atoms with E-state index in [2.05, 4.69) is 11.0 Å². The predicted molar refractivity (Wildman–Crippen MR) is 73.9 cm³/mol. The Morgan fingerprint density at radius 3 is 2.72 bits per heavy atom. The highest BCUT2D eigenvalue weighted by Gasteiger charge is 2.22. The van der Waals surface area contributed by atoms with Crippen molar-refractivity contribution in [2.45, 2.75) is 26.4 Å². The summed E-state index contributed by atoms with van der Waals surface area (Å²) in [5.41, 5.74) is 9.11. The molecule has 1 aliphatic heterocycles. The van der Waals surface area contributed by atoms with Crippen LogP contribution in [0.4, 0.5) is 5.69 Å². The van der Waals surface area contributed by atoms with E-state index in [1.807, 2.05) is 19.1 Å². The van der Waals surface area contributed by atoms with Crippen LogP contribution in [0.3, 0.4) is 0 Å². The SMILES string of the molecule is CCCS(=O)(=O)CCN1Cc2cccc(N)c2C1. The molecule has 0 atom stereocenters. The second-order valence-electron chi connectivity index (χ2n) is 4.85. The van der Waals surface area contributed by atoms with E-state index in [0.717, 1.165) is 24.3 Å². The number of anilines is 1. The van der Waals surface area contributed by atoms with Crippen LogP contribution in [-0.4, -0.2) is 31.4 Å². The smallest absolute Gasteiger partial charge is 0.151 e. The maximum absolute atomic E-state index is 11.7. The zero-order valence-electron chi connectivity index (χ0n) is 10.7. The van der Waals surface area contributed by atoms with Gasteiger partial charge in [-0.2, -0.15) is 0 Å². The molecule has 100 valence electrons. The number of nitrogens with two attached hydrogens (primary N) is 1. The van der Waals surface area contributed by atoms with Crippen molar-refractivity contribution < 1.29 is 8.42 Å². The molecule has 2 rings (SSSR count). The number of nitrogen functional groups attached to an aromatic ring is 1. The third-order valence-electron chi connectivity index (χ3n) is 3.32. The first-order valence-electron chi connectivity index (χ1n) is 6.31. The van der Waals surface area contributed by atoms with Gasteiger partial charge in [0.1, 0.15) is 0 Å². The largest absolute Gasteiger partial charge is 0.398 e. The second kappa shape index (κ2) is 5.28. The van der Waals surface area contributed by atoms with Gasteiger partial charge in [-0.15, -0.1) is 0 Å². The number of hydrogen-bond donors (Lipinski definition) is 1. The topological polar surface area (TPSA) is 63.4 Å². The van der Waals surface area contributed by atoms with Crippen LogP contribution in [0.5, 0.6) is 0 Å². The number of benzene rings is 1. The first kappa shape index (κ1) is 13.4. The molecule has 0 saturated heterocycles. The Hall–Kier alpha value is -1.07. The molecular formula is C13H20N2O2S. The van der Waals surface area contributed by atoms with Crippen LogP contribution in [0.25, 0.3) is 0 Å². The molecular weight excluding hydrogens is 248 g/mol. The molecule has 0 radical (unpaired) electrons. The summed E-state index contributed by atoms with van der Waals surface area (Å²) in [7, 11) is -2.89. The maximum atomic E-state index is 11.7. The van der Waals surface area contributed by atoms with E-state index in [1.54, 1.807) is 0 Å². The number of rotatable bonds is 5. The van der Waals surface area contributed by atoms with Gasteiger partial charge < -0.3 is 5.73 Å². The molecule has 0 amide bonds. The van der Waals surface area contributed by atoms with Gasteiger partial charge in [-0.3, -0.25) is 4.90 Å². The van der Waals surface area contributed by atoms with E-state index in [-0.39, 0.29) is 11.5 Å². The minimum absolute atomic E-state index is 0.245. The van der Waals surface area contributed by atoms with Gasteiger partial charge in [-0.25, -0.2) is 8.42 Å². The highest BCUT2D eigenvalue weighted by atomic mass is 32.2. The molecule has 2 N–H and O–H groups in total. The molecule has 18 heavy (non-hydrogen) atoms. The average molecular weight is 268 g/mol. The van der Waals surface area contributed by atoms with Crippen LogP contribution >= 0.6 is 0 Å². The number of fused-ring (bicyclic) bond motifs is 1. The summed E-state index contributed by atoms with van der Waals surface area (Å²) in [4.78, 5) is 2.15. The van der Waals surface area contributed by atoms with Gasteiger partial charge in [-0.05, 0) is 23.6 Å². The number of sulfone groups is 1. The fraction of sp³-hybridized carbons (Fsp3) is 0.538. The highest BCUT2D eigenvalue weighted by Crippen LogP contribution is 2.27. The molecule has 0 fully saturated rings. The van der Waals surface area contributed by atoms with E-state index in [4.69, 9.17) is 5.73 Å². The summed E-state index contributed by atoms with van der Waals surface area (Å²) in [6, 6.07) is 5.91. The summed E-state index contributed by atoms with van der Waals surface area (Å²) in [6.45, 7) is 4.06. The summed E-state index contributed by atoms with van der Waals surface area (Å²) in [5.74, 6) is 0.532. The third-order valence-corrected chi connectivity index (χ3v) is 5.15. The van der Waals surface area contributed by atoms with Crippen molar-refractivity contribution in [3.63, 3.8) is 0 Å². The van der Waals surface area contributed by atoms with Crippen LogP contribution in [0.1, 0.15) is 24.5 Å². The van der Waals surface area contributed by atoms with Crippen molar-refractivity contribution in [3.8, 4) is 0 Å². The molecule has 0 aliphatic carbocycles. The van der Waals surface area contributed by atoms with Gasteiger partial charge in [0.25, 0.3) is 0 Å². The first-order chi connectivity index (χ1) is 8.52. The molecule has 1 heterocycles. The minimum Gasteiger partial charge on any atom is -0.398 e. The molecule has 1 aromatic rings. The lowest BCUT2D eigenvalue weighted by Gasteiger charge is -2.14. The van der Waals surface area contributed by atoms with Crippen LogP contribution in [0.15, 0.2) is 18.2 Å². The Labute approximate surface area is 109 Å². The average Bonchev–Trinajstić information content (AvgIpc) is 2.71. The third kappa shape index (κ3) is 3.03. The van der Waals surface area contributed by atoms with Gasteiger partial charge >= 0.3 is 0 Å². The van der Waals surface area contributed by atoms with Gasteiger partial charge in [0.05, 0.1) is 5.75 Å². The molecule has 1 aliphatic rings. The van der Waals surface area contributed by atoms with Crippen molar-refractivity contribution in [2.24, 2.45) is 0 Å². The summed E-state index contributed by atoms with van der Waals surface area (Å²) in [5, 5.41) is 0. The van der Waals surface area contributed by atoms with Crippen LogP contribution < -0.4 is 5.73 Å². The summed E-state index contributed by atoms with van der Waals surface area (Å²) in [6.07, 6.45) is 0.690. The lowest BCUT2D eigenvalue weighted by atomic mass is 10.1. The molecule has 0 spiro atoms. The van der Waals surface area contributed by atoms with E-state index in [1.165, 1.54) is 5.56 Å². The van der Waals surface area contributed by atoms with Gasteiger partial charge in [0, 0.05) is 31.1 Å². The minimum atomic E-state index is -2.89. The first-order valence-corrected chi connectivity index (χ1v) is 8.13. The van der Waals surface area contributed by atoms with Crippen molar-refractivity contribution in [1.29, 1.82) is 0 Å². The van der Waals surface area contributed by atoms with Crippen molar-refractivity contribution in [1.82, 2.24) is 4.90 Å². The standard InChI is InChI=1S/C13H20N2O2S/c1-2-7-18(16,17)8-6-15-9-11-4-3-5-13(14)12(11)10-15/h3-5H,2,6-10,14H2,1H3. The number of nitrogens with zero attached hydrogens (tertiary/aromatic N) is 1. The van der Waals surface area contributed by atoms with Gasteiger partial charge in [0.15, 0.2) is 9.84 Å². The lowest BCUT2D eigenvalue weighted by molar-refractivity contribution is 0.302. The molecule has 5 heteroatoms. The Morgan fingerprint density at radius 2 is 2.06 bits per heavy atom. The fourth-order valence-electron chi connectivity index (χ4n) is 2.36. The lowest BCUT2D eigenvalue weighted by Crippen LogP contribution is -2.25. The highest BCUT2D eigenvalue weighted by molar-refractivity contribution is 7.91. The Morgan fingerprint density at radius 1 is 1.28 bits per heavy atom. The zero-order valence-corrected chi connectivity index (χ0v) is 11.5. The Bertz CT molecular complexity index is 526. The van der Waals surface area contributed by atoms with Crippen molar-refractivity contribution in [2.75, 3.05) is 23.8 Å². The van der Waals surface area contributed by atoms with Crippen LogP contribution in [0.2, 0.25) is 0 Å².